The molecule has 1 N–H and O–H groups in total. The van der Waals surface area contributed by atoms with Crippen LogP contribution in [0, 0.1) is 17.2 Å². The van der Waals surface area contributed by atoms with E-state index in [-0.39, 0.29) is 0 Å². The second-order valence-electron chi connectivity index (χ2n) is 6.79. The van der Waals surface area contributed by atoms with E-state index in [1.54, 1.807) is 0 Å². The summed E-state index contributed by atoms with van der Waals surface area (Å²) in [5.41, 5.74) is 3.17. The van der Waals surface area contributed by atoms with Crippen LogP contribution in [0.3, 0.4) is 0 Å². The number of nitrogens with one attached hydrogen (secondary N) is 1. The molecule has 3 nitrogen and oxygen atoms in total. The van der Waals surface area contributed by atoms with E-state index < -0.39 is 0 Å². The summed E-state index contributed by atoms with van der Waals surface area (Å²) in [5.74, 6) is 0.795. The van der Waals surface area contributed by atoms with Crippen LogP contribution >= 0.6 is 0 Å². The third-order valence-electron chi connectivity index (χ3n) is 4.80. The van der Waals surface area contributed by atoms with Crippen molar-refractivity contribution in [3.8, 4) is 6.07 Å². The Morgan fingerprint density at radius 3 is 2.76 bits per heavy atom. The molecule has 1 saturated heterocycles. The van der Waals surface area contributed by atoms with Crippen LogP contribution in [0.25, 0.3) is 0 Å². The maximum atomic E-state index is 9.50. The molecule has 0 radical (unpaired) electrons. The first kappa shape index (κ1) is 14.4. The van der Waals surface area contributed by atoms with E-state index in [9.17, 15) is 5.26 Å². The van der Waals surface area contributed by atoms with E-state index in [2.05, 4.69) is 48.3 Å². The molecule has 2 atom stereocenters. The normalized spacial score (nSPS) is 25.7. The highest BCUT2D eigenvalue weighted by Crippen LogP contribution is 2.30. The van der Waals surface area contributed by atoms with E-state index in [1.165, 1.54) is 31.2 Å². The molecule has 0 bridgehead atoms. The molecule has 1 aliphatic heterocycles. The van der Waals surface area contributed by atoms with Crippen LogP contribution in [-0.2, 0) is 6.54 Å². The predicted octanol–water partition coefficient (Wildman–Crippen LogP) is 3.44. The topological polar surface area (TPSA) is 39.1 Å². The zero-order valence-electron chi connectivity index (χ0n) is 13.1. The maximum Gasteiger partial charge on any atom is 0.101 e. The molecule has 1 aromatic carbocycles. The summed E-state index contributed by atoms with van der Waals surface area (Å²) >= 11 is 0. The Hall–Kier alpha value is -1.53. The van der Waals surface area contributed by atoms with Gasteiger partial charge >= 0.3 is 0 Å². The number of nitriles is 1. The molecule has 2 aliphatic rings. The van der Waals surface area contributed by atoms with Gasteiger partial charge in [-0.3, -0.25) is 0 Å². The lowest BCUT2D eigenvalue weighted by Gasteiger charge is -2.38. The van der Waals surface area contributed by atoms with E-state index in [4.69, 9.17) is 0 Å². The fourth-order valence-electron chi connectivity index (χ4n) is 3.35. The number of rotatable bonds is 4. The van der Waals surface area contributed by atoms with Crippen LogP contribution in [0.15, 0.2) is 18.2 Å². The van der Waals surface area contributed by atoms with Gasteiger partial charge in [-0.15, -0.1) is 0 Å². The van der Waals surface area contributed by atoms with E-state index in [0.717, 1.165) is 30.3 Å². The molecule has 1 heterocycles. The largest absolute Gasteiger partial charge is 0.368 e. The fourth-order valence-corrected chi connectivity index (χ4v) is 3.35. The molecule has 2 unspecified atom stereocenters. The SMILES string of the molecule is CC1CCN(c2ccc(CNC3CC3)cc2C#N)C(C)C1. The standard InChI is InChI=1S/C18H25N3/c1-13-7-8-21(14(2)9-13)18-6-3-15(10-16(18)11-19)12-20-17-4-5-17/h3,6,10,13-14,17,20H,4-5,7-9,12H2,1-2H3. The van der Waals surface area contributed by atoms with Crippen molar-refractivity contribution < 1.29 is 0 Å². The predicted molar refractivity (Wildman–Crippen MR) is 86.2 cm³/mol. The number of hydrogen-bond donors (Lipinski definition) is 1. The van der Waals surface area contributed by atoms with Gasteiger partial charge in [-0.1, -0.05) is 13.0 Å². The number of piperidine rings is 1. The fraction of sp³-hybridized carbons (Fsp3) is 0.611. The van der Waals surface area contributed by atoms with Crippen molar-refractivity contribution >= 4 is 5.69 Å². The first-order valence-electron chi connectivity index (χ1n) is 8.20. The maximum absolute atomic E-state index is 9.50. The molecule has 1 aliphatic carbocycles. The van der Waals surface area contributed by atoms with Gasteiger partial charge in [0.05, 0.1) is 11.3 Å². The third kappa shape index (κ3) is 3.39. The van der Waals surface area contributed by atoms with Gasteiger partial charge in [0.25, 0.3) is 0 Å². The lowest BCUT2D eigenvalue weighted by molar-refractivity contribution is 0.378. The molecule has 0 spiro atoms. The first-order chi connectivity index (χ1) is 10.2. The van der Waals surface area contributed by atoms with Crippen LogP contribution in [0.1, 0.15) is 50.7 Å². The van der Waals surface area contributed by atoms with Crippen molar-refractivity contribution in [3.63, 3.8) is 0 Å². The van der Waals surface area contributed by atoms with Crippen molar-refractivity contribution in [2.75, 3.05) is 11.4 Å². The summed E-state index contributed by atoms with van der Waals surface area (Å²) in [4.78, 5) is 2.41. The molecule has 0 amide bonds. The van der Waals surface area contributed by atoms with Gasteiger partial charge in [0.2, 0.25) is 0 Å². The average Bonchev–Trinajstić information content (AvgIpc) is 3.29. The van der Waals surface area contributed by atoms with Crippen molar-refractivity contribution in [2.45, 2.75) is 58.2 Å². The van der Waals surface area contributed by atoms with Crippen molar-refractivity contribution in [2.24, 2.45) is 5.92 Å². The number of benzene rings is 1. The molecule has 2 fully saturated rings. The molecule has 112 valence electrons. The van der Waals surface area contributed by atoms with Gasteiger partial charge in [0, 0.05) is 25.2 Å². The zero-order chi connectivity index (χ0) is 14.8. The van der Waals surface area contributed by atoms with E-state index in [1.807, 2.05) is 0 Å². The molecule has 1 aromatic rings. The van der Waals surface area contributed by atoms with E-state index >= 15 is 0 Å². The average molecular weight is 283 g/mol. The van der Waals surface area contributed by atoms with Crippen LogP contribution in [0.2, 0.25) is 0 Å². The van der Waals surface area contributed by atoms with Crippen LogP contribution in [0.5, 0.6) is 0 Å². The van der Waals surface area contributed by atoms with Gasteiger partial charge in [0.15, 0.2) is 0 Å². The van der Waals surface area contributed by atoms with Gasteiger partial charge < -0.3 is 10.2 Å². The summed E-state index contributed by atoms with van der Waals surface area (Å²) in [7, 11) is 0. The highest BCUT2D eigenvalue weighted by atomic mass is 15.2. The summed E-state index contributed by atoms with van der Waals surface area (Å²) in [6.45, 7) is 6.55. The molecular weight excluding hydrogens is 258 g/mol. The molecule has 21 heavy (non-hydrogen) atoms. The second kappa shape index (κ2) is 6.07. The Morgan fingerprint density at radius 1 is 1.29 bits per heavy atom. The summed E-state index contributed by atoms with van der Waals surface area (Å²) in [5, 5.41) is 13.0. The molecule has 0 aromatic heterocycles. The Kier molecular flexibility index (Phi) is 4.17. The quantitative estimate of drug-likeness (QED) is 0.920. The Labute approximate surface area is 128 Å². The number of anilines is 1. The summed E-state index contributed by atoms with van der Waals surface area (Å²) in [6, 6.07) is 10.0. The molecule has 1 saturated carbocycles. The highest BCUT2D eigenvalue weighted by Gasteiger charge is 2.25. The minimum atomic E-state index is 0.524. The van der Waals surface area contributed by atoms with Crippen molar-refractivity contribution in [3.05, 3.63) is 29.3 Å². The van der Waals surface area contributed by atoms with Gasteiger partial charge in [-0.25, -0.2) is 0 Å². The van der Waals surface area contributed by atoms with Crippen LogP contribution in [0.4, 0.5) is 5.69 Å². The smallest absolute Gasteiger partial charge is 0.101 e. The minimum absolute atomic E-state index is 0.524. The zero-order valence-corrected chi connectivity index (χ0v) is 13.1. The van der Waals surface area contributed by atoms with Gasteiger partial charge in [-0.2, -0.15) is 5.26 Å². The summed E-state index contributed by atoms with van der Waals surface area (Å²) < 4.78 is 0. The lowest BCUT2D eigenvalue weighted by atomic mass is 9.92. The van der Waals surface area contributed by atoms with E-state index in [0.29, 0.717) is 12.1 Å². The second-order valence-corrected chi connectivity index (χ2v) is 6.79. The lowest BCUT2D eigenvalue weighted by Crippen LogP contribution is -2.40. The van der Waals surface area contributed by atoms with Crippen molar-refractivity contribution in [1.82, 2.24) is 5.32 Å². The molecule has 3 rings (SSSR count). The minimum Gasteiger partial charge on any atom is -0.368 e. The Balaban J connectivity index is 1.76. The number of hydrogen-bond acceptors (Lipinski definition) is 3. The molecule has 3 heteroatoms. The van der Waals surface area contributed by atoms with Crippen molar-refractivity contribution in [1.29, 1.82) is 5.26 Å². The number of nitrogens with zero attached hydrogens (tertiary/aromatic N) is 2. The first-order valence-corrected chi connectivity index (χ1v) is 8.20. The van der Waals surface area contributed by atoms with Gasteiger partial charge in [0.1, 0.15) is 6.07 Å². The van der Waals surface area contributed by atoms with Crippen LogP contribution < -0.4 is 10.2 Å². The molecular formula is C18H25N3. The van der Waals surface area contributed by atoms with Crippen LogP contribution in [-0.4, -0.2) is 18.6 Å². The van der Waals surface area contributed by atoms with Gasteiger partial charge in [-0.05, 0) is 56.2 Å². The third-order valence-corrected chi connectivity index (χ3v) is 4.80. The Morgan fingerprint density at radius 2 is 2.10 bits per heavy atom. The highest BCUT2D eigenvalue weighted by molar-refractivity contribution is 5.61. The monoisotopic (exact) mass is 283 g/mol. The Bertz CT molecular complexity index is 542. The summed E-state index contributed by atoms with van der Waals surface area (Å²) in [6.07, 6.45) is 5.04.